The molecule has 4 heterocycles. The molecule has 38 heavy (non-hydrogen) atoms. The Labute approximate surface area is 220 Å². The molecule has 1 atom stereocenters. The van der Waals surface area contributed by atoms with Gasteiger partial charge in [-0.3, -0.25) is 14.6 Å². The Bertz CT molecular complexity index is 1430. The first-order valence-corrected chi connectivity index (χ1v) is 13.7. The molecule has 0 aromatic carbocycles. The number of H-pyrrole nitrogens is 2. The second-order valence-electron chi connectivity index (χ2n) is 11.2. The Hall–Kier alpha value is -3.70. The second kappa shape index (κ2) is 10.2. The highest BCUT2D eigenvalue weighted by Gasteiger charge is 2.29. The third-order valence-electron chi connectivity index (χ3n) is 8.35. The summed E-state index contributed by atoms with van der Waals surface area (Å²) < 4.78 is 7.04. The van der Waals surface area contributed by atoms with Crippen LogP contribution in [0.2, 0.25) is 0 Å². The normalized spacial score (nSPS) is 20.9. The number of fused-ring (bicyclic) bond motifs is 1. The van der Waals surface area contributed by atoms with E-state index in [2.05, 4.69) is 49.0 Å². The van der Waals surface area contributed by atoms with Crippen LogP contribution in [0, 0.1) is 17.8 Å². The van der Waals surface area contributed by atoms with Crippen molar-refractivity contribution in [2.45, 2.75) is 77.9 Å². The van der Waals surface area contributed by atoms with E-state index in [1.54, 1.807) is 0 Å². The highest BCUT2D eigenvalue weighted by atomic mass is 16.5. The fourth-order valence-electron chi connectivity index (χ4n) is 5.77. The third-order valence-corrected chi connectivity index (χ3v) is 8.35. The molecule has 4 aromatic rings. The van der Waals surface area contributed by atoms with Crippen LogP contribution in [-0.4, -0.2) is 52.9 Å². The van der Waals surface area contributed by atoms with E-state index in [4.69, 9.17) is 19.5 Å². The molecule has 2 saturated carbocycles. The van der Waals surface area contributed by atoms with Crippen molar-refractivity contribution in [3.8, 4) is 11.6 Å². The topological polar surface area (TPSA) is 146 Å². The minimum atomic E-state index is -0.640. The van der Waals surface area contributed by atoms with Gasteiger partial charge >= 0.3 is 5.76 Å². The number of anilines is 2. The molecule has 6 rings (SSSR count). The molecule has 12 heteroatoms. The number of aromatic nitrogens is 8. The number of imidazole rings is 1. The predicted molar refractivity (Wildman–Crippen MR) is 144 cm³/mol. The number of hydrogen-bond acceptors (Lipinski definition) is 9. The molecule has 4 aromatic heterocycles. The van der Waals surface area contributed by atoms with E-state index in [0.717, 1.165) is 29.5 Å². The standard InChI is InChI=1S/C26H36N10O2/c1-15-7-9-17(10-8-15)14-36-20-21(29-16(2)19-5-4-6-19)30-23(24-33-26(37)38-34-24)31-22(20)32-25(36)35(3)13-18-11-27-28-12-18/h11-12,15-17,19H,4-10,13-14H2,1-3H3,(H,27,28)(H,29,30,31)(H,33,34,37)/t15?,16-,17?/m1/s1. The van der Waals surface area contributed by atoms with Gasteiger partial charge in [-0.1, -0.05) is 31.3 Å². The molecule has 0 saturated heterocycles. The Morgan fingerprint density at radius 1 is 1.18 bits per heavy atom. The van der Waals surface area contributed by atoms with E-state index in [9.17, 15) is 4.79 Å². The van der Waals surface area contributed by atoms with Gasteiger partial charge < -0.3 is 14.8 Å². The summed E-state index contributed by atoms with van der Waals surface area (Å²) in [6.07, 6.45) is 12.3. The Kier molecular flexibility index (Phi) is 6.62. The molecule has 12 nitrogen and oxygen atoms in total. The first kappa shape index (κ1) is 24.6. The molecular formula is C26H36N10O2. The number of hydrogen-bond donors (Lipinski definition) is 3. The summed E-state index contributed by atoms with van der Waals surface area (Å²) in [6.45, 7) is 6.06. The molecule has 0 radical (unpaired) electrons. The van der Waals surface area contributed by atoms with Gasteiger partial charge in [0.2, 0.25) is 17.6 Å². The summed E-state index contributed by atoms with van der Waals surface area (Å²) in [6, 6.07) is 0.247. The average Bonchev–Trinajstić information content (AvgIpc) is 3.60. The van der Waals surface area contributed by atoms with E-state index in [0.29, 0.717) is 29.8 Å². The molecule has 0 unspecified atom stereocenters. The Morgan fingerprint density at radius 2 is 2.00 bits per heavy atom. The summed E-state index contributed by atoms with van der Waals surface area (Å²) in [5, 5.41) is 14.5. The van der Waals surface area contributed by atoms with Crippen molar-refractivity contribution in [3.63, 3.8) is 0 Å². The Balaban J connectivity index is 1.46. The van der Waals surface area contributed by atoms with Crippen LogP contribution in [0.25, 0.3) is 22.8 Å². The number of aromatic amines is 2. The van der Waals surface area contributed by atoms with E-state index >= 15 is 0 Å². The van der Waals surface area contributed by atoms with Crippen molar-refractivity contribution in [1.29, 1.82) is 0 Å². The minimum absolute atomic E-state index is 0.195. The van der Waals surface area contributed by atoms with E-state index < -0.39 is 5.76 Å². The van der Waals surface area contributed by atoms with Crippen LogP contribution in [0.15, 0.2) is 21.7 Å². The van der Waals surface area contributed by atoms with Gasteiger partial charge in [0.05, 0.1) is 6.20 Å². The van der Waals surface area contributed by atoms with Crippen LogP contribution in [0.4, 0.5) is 11.8 Å². The maximum Gasteiger partial charge on any atom is 0.439 e. The van der Waals surface area contributed by atoms with Crippen LogP contribution < -0.4 is 16.0 Å². The van der Waals surface area contributed by atoms with Crippen molar-refractivity contribution in [2.24, 2.45) is 17.8 Å². The van der Waals surface area contributed by atoms with Crippen LogP contribution in [-0.2, 0) is 13.1 Å². The van der Waals surface area contributed by atoms with E-state index in [1.807, 2.05) is 19.4 Å². The molecule has 0 spiro atoms. The van der Waals surface area contributed by atoms with Crippen LogP contribution in [0.5, 0.6) is 0 Å². The first-order chi connectivity index (χ1) is 18.4. The van der Waals surface area contributed by atoms with Gasteiger partial charge in [0.25, 0.3) is 0 Å². The van der Waals surface area contributed by atoms with Crippen molar-refractivity contribution in [1.82, 2.24) is 39.9 Å². The van der Waals surface area contributed by atoms with Crippen molar-refractivity contribution < 1.29 is 4.52 Å². The smallest absolute Gasteiger partial charge is 0.365 e. The number of nitrogens with one attached hydrogen (secondary N) is 3. The molecule has 0 amide bonds. The number of nitrogens with zero attached hydrogens (tertiary/aromatic N) is 7. The van der Waals surface area contributed by atoms with Crippen molar-refractivity contribution in [3.05, 3.63) is 28.5 Å². The van der Waals surface area contributed by atoms with Gasteiger partial charge in [0.15, 0.2) is 11.5 Å². The van der Waals surface area contributed by atoms with Crippen LogP contribution >= 0.6 is 0 Å². The fraction of sp³-hybridized carbons (Fsp3) is 0.615. The molecule has 3 N–H and O–H groups in total. The Morgan fingerprint density at radius 3 is 2.66 bits per heavy atom. The van der Waals surface area contributed by atoms with Gasteiger partial charge in [-0.05, 0) is 50.4 Å². The summed E-state index contributed by atoms with van der Waals surface area (Å²) >= 11 is 0. The van der Waals surface area contributed by atoms with E-state index in [1.165, 1.54) is 44.9 Å². The zero-order chi connectivity index (χ0) is 26.2. The molecule has 2 aliphatic rings. The number of rotatable bonds is 9. The van der Waals surface area contributed by atoms with Gasteiger partial charge in [0.1, 0.15) is 5.52 Å². The molecule has 2 aliphatic carbocycles. The zero-order valence-electron chi connectivity index (χ0n) is 22.3. The SMILES string of the molecule is CC1CCC(Cn2c(N(C)Cc3cn[nH]c3)nc3nc(-c4noc(=O)[nH]4)nc(N[C@H](C)C4CCC4)c32)CC1. The summed E-state index contributed by atoms with van der Waals surface area (Å²) in [5.41, 5.74) is 2.53. The average molecular weight is 521 g/mol. The van der Waals surface area contributed by atoms with Crippen LogP contribution in [0.1, 0.15) is 64.4 Å². The van der Waals surface area contributed by atoms with Gasteiger partial charge in [0, 0.05) is 37.9 Å². The lowest BCUT2D eigenvalue weighted by Crippen LogP contribution is -2.31. The largest absolute Gasteiger partial charge is 0.439 e. The molecular weight excluding hydrogens is 484 g/mol. The highest BCUT2D eigenvalue weighted by Crippen LogP contribution is 2.36. The van der Waals surface area contributed by atoms with Gasteiger partial charge in [-0.25, -0.2) is 14.8 Å². The molecule has 202 valence electrons. The highest BCUT2D eigenvalue weighted by molar-refractivity contribution is 5.87. The molecule has 0 bridgehead atoms. The van der Waals surface area contributed by atoms with Crippen LogP contribution in [0.3, 0.4) is 0 Å². The zero-order valence-corrected chi connectivity index (χ0v) is 22.3. The maximum absolute atomic E-state index is 11.7. The minimum Gasteiger partial charge on any atom is -0.365 e. The van der Waals surface area contributed by atoms with Gasteiger partial charge in [-0.15, -0.1) is 0 Å². The monoisotopic (exact) mass is 520 g/mol. The van der Waals surface area contributed by atoms with Crippen molar-refractivity contribution in [2.75, 3.05) is 17.3 Å². The fourth-order valence-corrected chi connectivity index (χ4v) is 5.77. The lowest BCUT2D eigenvalue weighted by molar-refractivity contribution is 0.267. The lowest BCUT2D eigenvalue weighted by Gasteiger charge is -2.32. The summed E-state index contributed by atoms with van der Waals surface area (Å²) in [7, 11) is 2.04. The van der Waals surface area contributed by atoms with E-state index in [-0.39, 0.29) is 17.7 Å². The summed E-state index contributed by atoms with van der Waals surface area (Å²) in [4.78, 5) is 31.0. The lowest BCUT2D eigenvalue weighted by atomic mass is 9.80. The second-order valence-corrected chi connectivity index (χ2v) is 11.2. The van der Waals surface area contributed by atoms with Crippen molar-refractivity contribution >= 4 is 22.9 Å². The quantitative estimate of drug-likeness (QED) is 0.298. The first-order valence-electron chi connectivity index (χ1n) is 13.7. The molecule has 0 aliphatic heterocycles. The summed E-state index contributed by atoms with van der Waals surface area (Å²) in [5.74, 6) is 3.34. The van der Waals surface area contributed by atoms with Gasteiger partial charge in [-0.2, -0.15) is 10.1 Å². The predicted octanol–water partition coefficient (Wildman–Crippen LogP) is 3.96. The third kappa shape index (κ3) is 4.91. The molecule has 2 fully saturated rings. The maximum atomic E-state index is 11.7.